The molecule has 0 radical (unpaired) electrons. The summed E-state index contributed by atoms with van der Waals surface area (Å²) < 4.78 is 5.47. The summed E-state index contributed by atoms with van der Waals surface area (Å²) in [5.74, 6) is 0. The van der Waals surface area contributed by atoms with E-state index in [1.807, 2.05) is 39.8 Å². The van der Waals surface area contributed by atoms with Gasteiger partial charge in [-0.1, -0.05) is 23.8 Å². The maximum Gasteiger partial charge on any atom is 0.410 e. The molecule has 21 heavy (non-hydrogen) atoms. The summed E-state index contributed by atoms with van der Waals surface area (Å²) >= 11 is 0. The van der Waals surface area contributed by atoms with Crippen molar-refractivity contribution in [1.82, 2.24) is 10.2 Å². The predicted octanol–water partition coefficient (Wildman–Crippen LogP) is 1.83. The summed E-state index contributed by atoms with van der Waals surface area (Å²) in [5.41, 5.74) is -0.440. The first kappa shape index (κ1) is 16.0. The van der Waals surface area contributed by atoms with Gasteiger partial charge in [-0.15, -0.1) is 0 Å². The highest BCUT2D eigenvalue weighted by Gasteiger charge is 2.43. The zero-order valence-corrected chi connectivity index (χ0v) is 13.3. The lowest BCUT2D eigenvalue weighted by atomic mass is 9.84. The number of ether oxygens (including phenoxy) is 1. The lowest BCUT2D eigenvalue weighted by molar-refractivity contribution is -0.0385. The molecule has 1 fully saturated rings. The molecular formula is C16H26N2O3. The zero-order chi connectivity index (χ0) is 15.7. The Hall–Kier alpha value is -1.33. The first-order chi connectivity index (χ1) is 9.71. The van der Waals surface area contributed by atoms with Crippen LogP contribution in [0.1, 0.15) is 34.1 Å². The molecule has 0 unspecified atom stereocenters. The molecule has 0 aromatic heterocycles. The number of allylic oxidation sites excluding steroid dienone is 2. The first-order valence-electron chi connectivity index (χ1n) is 7.50. The van der Waals surface area contributed by atoms with Gasteiger partial charge >= 0.3 is 6.09 Å². The van der Waals surface area contributed by atoms with Crippen LogP contribution in [0, 0.1) is 0 Å². The molecule has 0 bridgehead atoms. The van der Waals surface area contributed by atoms with Crippen molar-refractivity contribution in [3.63, 3.8) is 0 Å². The summed E-state index contributed by atoms with van der Waals surface area (Å²) in [7, 11) is 0. The Morgan fingerprint density at radius 3 is 2.81 bits per heavy atom. The Morgan fingerprint density at radius 1 is 1.52 bits per heavy atom. The molecule has 5 heteroatoms. The van der Waals surface area contributed by atoms with Crippen molar-refractivity contribution in [3.8, 4) is 0 Å². The number of hydrogen-bond donors (Lipinski definition) is 2. The van der Waals surface area contributed by atoms with Gasteiger partial charge in [-0.05, 0) is 27.7 Å². The van der Waals surface area contributed by atoms with E-state index in [4.69, 9.17) is 4.74 Å². The Balaban J connectivity index is 2.16. The van der Waals surface area contributed by atoms with Crippen LogP contribution in [0.3, 0.4) is 0 Å². The number of piperazine rings is 1. The van der Waals surface area contributed by atoms with Crippen molar-refractivity contribution in [2.75, 3.05) is 19.6 Å². The number of amides is 1. The number of nitrogens with zero attached hydrogens (tertiary/aromatic N) is 1. The highest BCUT2D eigenvalue weighted by molar-refractivity contribution is 5.69. The molecule has 0 saturated carbocycles. The molecule has 0 aromatic rings. The fourth-order valence-electron chi connectivity index (χ4n) is 2.67. The molecule has 5 nitrogen and oxygen atoms in total. The van der Waals surface area contributed by atoms with E-state index in [2.05, 4.69) is 5.32 Å². The molecule has 1 saturated heterocycles. The molecule has 1 aliphatic carbocycles. The van der Waals surface area contributed by atoms with Gasteiger partial charge in [0.2, 0.25) is 0 Å². The fourth-order valence-corrected chi connectivity index (χ4v) is 2.67. The molecule has 2 aliphatic rings. The van der Waals surface area contributed by atoms with Gasteiger partial charge in [-0.2, -0.15) is 0 Å². The Morgan fingerprint density at radius 2 is 2.24 bits per heavy atom. The molecular weight excluding hydrogens is 268 g/mol. The number of rotatable bonds is 1. The Labute approximate surface area is 126 Å². The van der Waals surface area contributed by atoms with Crippen LogP contribution in [0.2, 0.25) is 0 Å². The molecule has 118 valence electrons. The average molecular weight is 294 g/mol. The summed E-state index contributed by atoms with van der Waals surface area (Å²) in [6.45, 7) is 9.37. The quantitative estimate of drug-likeness (QED) is 0.774. The van der Waals surface area contributed by atoms with Crippen molar-refractivity contribution < 1.29 is 14.6 Å². The minimum absolute atomic E-state index is 0.318. The van der Waals surface area contributed by atoms with Crippen molar-refractivity contribution in [3.05, 3.63) is 23.8 Å². The smallest absolute Gasteiger partial charge is 0.410 e. The minimum Gasteiger partial charge on any atom is -0.444 e. The van der Waals surface area contributed by atoms with E-state index in [-0.39, 0.29) is 12.1 Å². The number of hydrogen-bond acceptors (Lipinski definition) is 4. The molecule has 0 aromatic carbocycles. The normalized spacial score (nSPS) is 30.0. The van der Waals surface area contributed by atoms with Gasteiger partial charge in [-0.3, -0.25) is 4.90 Å². The monoisotopic (exact) mass is 294 g/mol. The zero-order valence-electron chi connectivity index (χ0n) is 13.3. The second kappa shape index (κ2) is 5.81. The third-order valence-corrected chi connectivity index (χ3v) is 3.83. The van der Waals surface area contributed by atoms with Crippen LogP contribution in [0.15, 0.2) is 23.8 Å². The summed E-state index contributed by atoms with van der Waals surface area (Å²) in [4.78, 5) is 14.1. The van der Waals surface area contributed by atoms with E-state index >= 15 is 0 Å². The molecule has 1 heterocycles. The highest BCUT2D eigenvalue weighted by atomic mass is 16.6. The van der Waals surface area contributed by atoms with Gasteiger partial charge in [0.1, 0.15) is 11.2 Å². The minimum atomic E-state index is -1.04. The van der Waals surface area contributed by atoms with Crippen molar-refractivity contribution in [2.45, 2.75) is 51.4 Å². The van der Waals surface area contributed by atoms with E-state index in [0.29, 0.717) is 26.1 Å². The van der Waals surface area contributed by atoms with Crippen LogP contribution >= 0.6 is 0 Å². The van der Waals surface area contributed by atoms with Crippen molar-refractivity contribution in [2.24, 2.45) is 0 Å². The SMILES string of the molecule is CC1=CC[C@@](O)([C@@H]2CNCCN2C(=O)OC(C)(C)C)C=C1. The maximum atomic E-state index is 12.4. The largest absolute Gasteiger partial charge is 0.444 e. The average Bonchev–Trinajstić information content (AvgIpc) is 2.40. The third kappa shape index (κ3) is 3.86. The van der Waals surface area contributed by atoms with E-state index in [0.717, 1.165) is 5.57 Å². The van der Waals surface area contributed by atoms with Crippen LogP contribution < -0.4 is 5.32 Å². The molecule has 2 N–H and O–H groups in total. The summed E-state index contributed by atoms with van der Waals surface area (Å²) in [5, 5.41) is 14.2. The fraction of sp³-hybridized carbons (Fsp3) is 0.688. The standard InChI is InChI=1S/C16H26N2O3/c1-12-5-7-16(20,8-6-12)13-11-17-9-10-18(13)14(19)21-15(2,3)4/h5-7,13,17,20H,8-11H2,1-4H3/t13-,16+/m0/s1. The number of nitrogens with one attached hydrogen (secondary N) is 1. The van der Waals surface area contributed by atoms with Crippen LogP contribution in [0.5, 0.6) is 0 Å². The van der Waals surface area contributed by atoms with Crippen LogP contribution in [0.25, 0.3) is 0 Å². The van der Waals surface area contributed by atoms with Crippen LogP contribution in [-0.2, 0) is 4.74 Å². The van der Waals surface area contributed by atoms with Gasteiger partial charge in [0.25, 0.3) is 0 Å². The Bertz CT molecular complexity index is 465. The van der Waals surface area contributed by atoms with E-state index in [1.165, 1.54) is 0 Å². The summed E-state index contributed by atoms with van der Waals surface area (Å²) in [6, 6.07) is -0.318. The Kier molecular flexibility index (Phi) is 4.44. The second-order valence-electron chi connectivity index (χ2n) is 6.87. The van der Waals surface area contributed by atoms with Crippen LogP contribution in [0.4, 0.5) is 4.79 Å². The van der Waals surface area contributed by atoms with Gasteiger partial charge in [0.15, 0.2) is 0 Å². The molecule has 2 atom stereocenters. The van der Waals surface area contributed by atoms with Gasteiger partial charge in [-0.25, -0.2) is 4.79 Å². The van der Waals surface area contributed by atoms with Crippen molar-refractivity contribution in [1.29, 1.82) is 0 Å². The number of carbonyl (C=O) groups is 1. The molecule has 1 amide bonds. The van der Waals surface area contributed by atoms with Gasteiger partial charge in [0, 0.05) is 26.1 Å². The number of carbonyl (C=O) groups excluding carboxylic acids is 1. The second-order valence-corrected chi connectivity index (χ2v) is 6.87. The molecule has 1 aliphatic heterocycles. The van der Waals surface area contributed by atoms with E-state index in [9.17, 15) is 9.90 Å². The predicted molar refractivity (Wildman–Crippen MR) is 82.1 cm³/mol. The number of aliphatic hydroxyl groups is 1. The lowest BCUT2D eigenvalue weighted by Crippen LogP contribution is -2.63. The molecule has 2 rings (SSSR count). The van der Waals surface area contributed by atoms with Gasteiger partial charge in [0.05, 0.1) is 6.04 Å². The topological polar surface area (TPSA) is 61.8 Å². The molecule has 0 spiro atoms. The van der Waals surface area contributed by atoms with Crippen molar-refractivity contribution >= 4 is 6.09 Å². The third-order valence-electron chi connectivity index (χ3n) is 3.83. The summed E-state index contributed by atoms with van der Waals surface area (Å²) in [6.07, 6.45) is 5.87. The van der Waals surface area contributed by atoms with E-state index in [1.54, 1.807) is 11.0 Å². The lowest BCUT2D eigenvalue weighted by Gasteiger charge is -2.45. The highest BCUT2D eigenvalue weighted by Crippen LogP contribution is 2.29. The first-order valence-corrected chi connectivity index (χ1v) is 7.50. The van der Waals surface area contributed by atoms with Gasteiger partial charge < -0.3 is 15.2 Å². The van der Waals surface area contributed by atoms with E-state index < -0.39 is 11.2 Å². The van der Waals surface area contributed by atoms with Crippen LogP contribution in [-0.4, -0.2) is 53.0 Å². The maximum absolute atomic E-state index is 12.4.